The van der Waals surface area contributed by atoms with Crippen molar-refractivity contribution in [1.82, 2.24) is 4.90 Å². The van der Waals surface area contributed by atoms with Crippen molar-refractivity contribution in [3.05, 3.63) is 11.3 Å². The zero-order chi connectivity index (χ0) is 18.8. The second-order valence-corrected chi connectivity index (χ2v) is 5.36. The Morgan fingerprint density at radius 3 is 1.83 bits per heavy atom. The van der Waals surface area contributed by atoms with Gasteiger partial charge < -0.3 is 4.90 Å². The van der Waals surface area contributed by atoms with Gasteiger partial charge in [0.2, 0.25) is 0 Å². The maximum absolute atomic E-state index is 13.6. The number of unbranched alkanes of at least 4 members (excludes halogenated alkanes) is 2. The van der Waals surface area contributed by atoms with Crippen LogP contribution in [0.25, 0.3) is 0 Å². The number of hydrogen-bond donors (Lipinski definition) is 0. The first kappa shape index (κ1) is 20.7. The molecule has 0 aromatic heterocycles. The molecule has 24 heavy (non-hydrogen) atoms. The van der Waals surface area contributed by atoms with Gasteiger partial charge in [0, 0.05) is 13.1 Å². The fraction of sp³-hybridized carbons (Fsp3) is 0.786. The van der Waals surface area contributed by atoms with E-state index in [9.17, 15) is 35.1 Å². The van der Waals surface area contributed by atoms with E-state index in [4.69, 9.17) is 0 Å². The van der Waals surface area contributed by atoms with Crippen molar-refractivity contribution in [1.29, 1.82) is 0 Å². The standard InChI is InChI=1S/C14H18F8N2/c1-3-5-7-23-11-9(13(17,18)19)10(24(11)8-6-4-2)12(15,16)14(20,21)22/h3-8H2,1-2H3. The molecule has 0 fully saturated rings. The Labute approximate surface area is 134 Å². The lowest BCUT2D eigenvalue weighted by Crippen LogP contribution is -2.57. The van der Waals surface area contributed by atoms with Gasteiger partial charge in [-0.05, 0) is 12.8 Å². The minimum atomic E-state index is -6.11. The largest absolute Gasteiger partial charge is 0.459 e. The second-order valence-electron chi connectivity index (χ2n) is 5.36. The molecule has 0 unspecified atom stereocenters. The van der Waals surface area contributed by atoms with Crippen molar-refractivity contribution in [2.75, 3.05) is 13.1 Å². The third-order valence-corrected chi connectivity index (χ3v) is 3.43. The lowest BCUT2D eigenvalue weighted by molar-refractivity contribution is -0.272. The number of halogens is 8. The molecule has 1 aliphatic rings. The summed E-state index contributed by atoms with van der Waals surface area (Å²) in [7, 11) is 0. The van der Waals surface area contributed by atoms with E-state index in [-0.39, 0.29) is 19.5 Å². The molecule has 0 aromatic carbocycles. The van der Waals surface area contributed by atoms with Crippen LogP contribution in [0.15, 0.2) is 16.3 Å². The summed E-state index contributed by atoms with van der Waals surface area (Å²) >= 11 is 0. The molecule has 2 nitrogen and oxygen atoms in total. The summed E-state index contributed by atoms with van der Waals surface area (Å²) in [6.45, 7) is 2.95. The van der Waals surface area contributed by atoms with E-state index in [1.165, 1.54) is 0 Å². The predicted octanol–water partition coefficient (Wildman–Crippen LogP) is 5.31. The molecule has 10 heteroatoms. The summed E-state index contributed by atoms with van der Waals surface area (Å²) < 4.78 is 104. The highest BCUT2D eigenvalue weighted by Gasteiger charge is 2.68. The van der Waals surface area contributed by atoms with Gasteiger partial charge in [-0.2, -0.15) is 35.1 Å². The van der Waals surface area contributed by atoms with E-state index in [1.807, 2.05) is 0 Å². The first-order valence-corrected chi connectivity index (χ1v) is 7.48. The van der Waals surface area contributed by atoms with Crippen LogP contribution >= 0.6 is 0 Å². The molecule has 1 heterocycles. The van der Waals surface area contributed by atoms with Gasteiger partial charge in [-0.3, -0.25) is 4.99 Å². The molecule has 1 aliphatic heterocycles. The van der Waals surface area contributed by atoms with Crippen molar-refractivity contribution in [3.63, 3.8) is 0 Å². The molecule has 0 spiro atoms. The Morgan fingerprint density at radius 2 is 1.42 bits per heavy atom. The van der Waals surface area contributed by atoms with Crippen molar-refractivity contribution in [2.24, 2.45) is 4.99 Å². The van der Waals surface area contributed by atoms with Gasteiger partial charge in [0.15, 0.2) is 0 Å². The number of alkyl halides is 8. The van der Waals surface area contributed by atoms with Crippen LogP contribution in [0.1, 0.15) is 39.5 Å². The van der Waals surface area contributed by atoms with Crippen LogP contribution in [-0.4, -0.2) is 42.1 Å². The summed E-state index contributed by atoms with van der Waals surface area (Å²) in [5.41, 5.74) is -4.02. The van der Waals surface area contributed by atoms with Gasteiger partial charge in [0.25, 0.3) is 0 Å². The third kappa shape index (κ3) is 4.00. The molecular formula is C14H18F8N2. The smallest absolute Gasteiger partial charge is 0.324 e. The Balaban J connectivity index is 3.42. The molecule has 0 aromatic rings. The zero-order valence-corrected chi connectivity index (χ0v) is 13.2. The molecule has 0 bridgehead atoms. The summed E-state index contributed by atoms with van der Waals surface area (Å²) in [6, 6.07) is 0. The lowest BCUT2D eigenvalue weighted by atomic mass is 9.95. The van der Waals surface area contributed by atoms with Crippen molar-refractivity contribution in [3.8, 4) is 0 Å². The minimum Gasteiger partial charge on any atom is -0.324 e. The van der Waals surface area contributed by atoms with Crippen molar-refractivity contribution >= 4 is 5.84 Å². The van der Waals surface area contributed by atoms with E-state index in [0.29, 0.717) is 24.2 Å². The number of hydrogen-bond acceptors (Lipinski definition) is 1. The van der Waals surface area contributed by atoms with E-state index in [2.05, 4.69) is 4.99 Å². The molecule has 1 rings (SSSR count). The molecule has 0 amide bonds. The zero-order valence-electron chi connectivity index (χ0n) is 13.2. The number of allylic oxidation sites excluding steroid dienone is 1. The summed E-state index contributed by atoms with van der Waals surface area (Å²) in [4.78, 5) is 3.97. The highest BCUT2D eigenvalue weighted by molar-refractivity contribution is 6.07. The van der Waals surface area contributed by atoms with Crippen LogP contribution < -0.4 is 0 Å². The first-order valence-electron chi connectivity index (χ1n) is 7.48. The number of rotatable bonds is 7. The average molecular weight is 366 g/mol. The Hall–Kier alpha value is -1.35. The van der Waals surface area contributed by atoms with Crippen LogP contribution in [0.5, 0.6) is 0 Å². The molecule has 0 atom stereocenters. The Kier molecular flexibility index (Phi) is 6.26. The summed E-state index contributed by atoms with van der Waals surface area (Å²) in [5.74, 6) is -6.42. The monoisotopic (exact) mass is 366 g/mol. The minimum absolute atomic E-state index is 0.0705. The number of nitrogens with zero attached hydrogens (tertiary/aromatic N) is 2. The number of amidine groups is 1. The molecular weight excluding hydrogens is 348 g/mol. The van der Waals surface area contributed by atoms with E-state index >= 15 is 0 Å². The number of aliphatic imine (C=N–C) groups is 1. The second kappa shape index (κ2) is 7.26. The van der Waals surface area contributed by atoms with Crippen molar-refractivity contribution in [2.45, 2.75) is 57.8 Å². The third-order valence-electron chi connectivity index (χ3n) is 3.43. The molecule has 0 saturated heterocycles. The summed E-state index contributed by atoms with van der Waals surface area (Å²) in [5, 5.41) is 0. The molecule has 0 aliphatic carbocycles. The topological polar surface area (TPSA) is 15.6 Å². The molecule has 0 radical (unpaired) electrons. The average Bonchev–Trinajstić information content (AvgIpc) is 2.39. The van der Waals surface area contributed by atoms with E-state index < -0.39 is 35.4 Å². The van der Waals surface area contributed by atoms with Gasteiger partial charge in [-0.15, -0.1) is 0 Å². The van der Waals surface area contributed by atoms with Gasteiger partial charge >= 0.3 is 18.3 Å². The quantitative estimate of drug-likeness (QED) is 0.440. The maximum atomic E-state index is 13.6. The highest BCUT2D eigenvalue weighted by atomic mass is 19.4. The normalized spacial score (nSPS) is 18.4. The lowest BCUT2D eigenvalue weighted by Gasteiger charge is -2.43. The summed E-state index contributed by atoms with van der Waals surface area (Å²) in [6.07, 6.45) is -9.86. The predicted molar refractivity (Wildman–Crippen MR) is 72.9 cm³/mol. The maximum Gasteiger partial charge on any atom is 0.459 e. The van der Waals surface area contributed by atoms with E-state index in [0.717, 1.165) is 0 Å². The van der Waals surface area contributed by atoms with Gasteiger partial charge in [0.05, 0.1) is 0 Å². The first-order chi connectivity index (χ1) is 10.9. The highest BCUT2D eigenvalue weighted by Crippen LogP contribution is 2.51. The van der Waals surface area contributed by atoms with Crippen LogP contribution in [0, 0.1) is 0 Å². The Bertz CT molecular complexity index is 502. The van der Waals surface area contributed by atoms with Crippen LogP contribution in [0.2, 0.25) is 0 Å². The van der Waals surface area contributed by atoms with Crippen LogP contribution in [0.4, 0.5) is 35.1 Å². The van der Waals surface area contributed by atoms with Crippen LogP contribution in [0.3, 0.4) is 0 Å². The van der Waals surface area contributed by atoms with Gasteiger partial charge in [0.1, 0.15) is 17.1 Å². The Morgan fingerprint density at radius 1 is 0.875 bits per heavy atom. The molecule has 0 N–H and O–H groups in total. The molecule has 0 saturated carbocycles. The SMILES string of the molecule is CCCCN=C1C(C(F)(F)F)=C(C(F)(F)C(F)(F)F)N1CCCC. The fourth-order valence-corrected chi connectivity index (χ4v) is 2.19. The van der Waals surface area contributed by atoms with Crippen molar-refractivity contribution < 1.29 is 35.1 Å². The molecule has 140 valence electrons. The fourth-order valence-electron chi connectivity index (χ4n) is 2.19. The van der Waals surface area contributed by atoms with Gasteiger partial charge in [-0.25, -0.2) is 0 Å². The van der Waals surface area contributed by atoms with E-state index in [1.54, 1.807) is 13.8 Å². The van der Waals surface area contributed by atoms with Gasteiger partial charge in [-0.1, -0.05) is 26.7 Å². The van der Waals surface area contributed by atoms with Crippen LogP contribution in [-0.2, 0) is 0 Å².